The molecular weight excluding hydrogens is 142 g/mol. The molecule has 1 aliphatic heterocycles. The summed E-state index contributed by atoms with van der Waals surface area (Å²) in [4.78, 5) is 12.5. The molecule has 1 heterocycles. The van der Waals surface area contributed by atoms with Gasteiger partial charge in [-0.25, -0.2) is 0 Å². The summed E-state index contributed by atoms with van der Waals surface area (Å²) >= 11 is 0. The lowest BCUT2D eigenvalue weighted by Crippen LogP contribution is -2.64. The summed E-state index contributed by atoms with van der Waals surface area (Å²) in [6.07, 6.45) is 4.96. The summed E-state index contributed by atoms with van der Waals surface area (Å²) in [5, 5.41) is 8.56. The van der Waals surface area contributed by atoms with Crippen molar-refractivity contribution in [1.82, 2.24) is 4.90 Å². The van der Waals surface area contributed by atoms with Crippen LogP contribution in [-0.2, 0) is 4.79 Å². The van der Waals surface area contributed by atoms with Crippen LogP contribution in [0, 0.1) is 0 Å². The molecule has 3 nitrogen and oxygen atoms in total. The zero-order chi connectivity index (χ0) is 7.90. The van der Waals surface area contributed by atoms with E-state index < -0.39 is 5.97 Å². The van der Waals surface area contributed by atoms with Gasteiger partial charge in [-0.2, -0.15) is 0 Å². The van der Waals surface area contributed by atoms with Crippen molar-refractivity contribution in [2.24, 2.45) is 0 Å². The fourth-order valence-electron chi connectivity index (χ4n) is 2.15. The monoisotopic (exact) mass is 155 g/mol. The van der Waals surface area contributed by atoms with Crippen molar-refractivity contribution >= 4 is 5.97 Å². The van der Waals surface area contributed by atoms with Gasteiger partial charge in [-0.1, -0.05) is 0 Å². The number of aliphatic carboxylic acids is 1. The first-order chi connectivity index (χ1) is 5.23. The van der Waals surface area contributed by atoms with E-state index in [1.807, 2.05) is 0 Å². The number of hydrogen-bond donors (Lipinski definition) is 1. The Balaban J connectivity index is 1.90. The van der Waals surface area contributed by atoms with Crippen molar-refractivity contribution in [3.8, 4) is 0 Å². The van der Waals surface area contributed by atoms with E-state index in [1.165, 1.54) is 25.7 Å². The van der Waals surface area contributed by atoms with Gasteiger partial charge in [0.2, 0.25) is 0 Å². The van der Waals surface area contributed by atoms with Crippen molar-refractivity contribution < 1.29 is 9.90 Å². The highest BCUT2D eigenvalue weighted by atomic mass is 16.4. The molecule has 0 amide bonds. The fraction of sp³-hybridized carbons (Fsp3) is 0.875. The molecule has 3 heteroatoms. The molecule has 0 unspecified atom stereocenters. The molecule has 1 N–H and O–H groups in total. The van der Waals surface area contributed by atoms with E-state index in [9.17, 15) is 4.79 Å². The standard InChI is InChI=1S/C8H13NO2/c10-7(11)6-9-5-4-8(9)2-1-3-8/h1-6H2,(H,10,11). The Labute approximate surface area is 66.0 Å². The lowest BCUT2D eigenvalue weighted by Gasteiger charge is -2.58. The summed E-state index contributed by atoms with van der Waals surface area (Å²) in [6, 6.07) is 0. The van der Waals surface area contributed by atoms with Crippen molar-refractivity contribution in [2.75, 3.05) is 13.1 Å². The van der Waals surface area contributed by atoms with Crippen LogP contribution in [0.1, 0.15) is 25.7 Å². The molecule has 2 rings (SSSR count). The highest BCUT2D eigenvalue weighted by molar-refractivity contribution is 5.69. The molecule has 0 aromatic carbocycles. The average molecular weight is 155 g/mol. The van der Waals surface area contributed by atoms with Gasteiger partial charge in [0, 0.05) is 12.1 Å². The number of nitrogens with zero attached hydrogens (tertiary/aromatic N) is 1. The van der Waals surface area contributed by atoms with E-state index in [4.69, 9.17) is 5.11 Å². The fourth-order valence-corrected chi connectivity index (χ4v) is 2.15. The molecule has 0 aromatic heterocycles. The second-order valence-electron chi connectivity index (χ2n) is 3.64. The minimum Gasteiger partial charge on any atom is -0.480 e. The molecule has 0 aromatic rings. The maximum atomic E-state index is 10.4. The Morgan fingerprint density at radius 3 is 2.45 bits per heavy atom. The molecule has 1 spiro atoms. The Morgan fingerprint density at radius 2 is 2.18 bits per heavy atom. The van der Waals surface area contributed by atoms with Crippen LogP contribution in [0.5, 0.6) is 0 Å². The van der Waals surface area contributed by atoms with Crippen LogP contribution in [0.15, 0.2) is 0 Å². The van der Waals surface area contributed by atoms with E-state index in [1.54, 1.807) is 0 Å². The van der Waals surface area contributed by atoms with Gasteiger partial charge in [0.05, 0.1) is 6.54 Å². The van der Waals surface area contributed by atoms with Crippen LogP contribution >= 0.6 is 0 Å². The first-order valence-corrected chi connectivity index (χ1v) is 4.20. The van der Waals surface area contributed by atoms with E-state index in [2.05, 4.69) is 4.90 Å². The van der Waals surface area contributed by atoms with Crippen molar-refractivity contribution in [2.45, 2.75) is 31.2 Å². The Bertz CT molecular complexity index is 181. The molecule has 11 heavy (non-hydrogen) atoms. The summed E-state index contributed by atoms with van der Waals surface area (Å²) in [5.74, 6) is -0.684. The molecule has 0 bridgehead atoms. The minimum absolute atomic E-state index is 0.250. The molecule has 1 aliphatic carbocycles. The lowest BCUT2D eigenvalue weighted by atomic mass is 9.68. The third-order valence-electron chi connectivity index (χ3n) is 3.13. The van der Waals surface area contributed by atoms with Crippen LogP contribution in [-0.4, -0.2) is 34.6 Å². The molecule has 1 saturated heterocycles. The zero-order valence-corrected chi connectivity index (χ0v) is 6.55. The normalized spacial score (nSPS) is 27.6. The van der Waals surface area contributed by atoms with Crippen LogP contribution in [0.3, 0.4) is 0 Å². The summed E-state index contributed by atoms with van der Waals surface area (Å²) in [6.45, 7) is 1.24. The molecular formula is C8H13NO2. The molecule has 1 saturated carbocycles. The summed E-state index contributed by atoms with van der Waals surface area (Å²) < 4.78 is 0. The Morgan fingerprint density at radius 1 is 1.45 bits per heavy atom. The SMILES string of the molecule is O=C(O)CN1CCC12CCC2. The second kappa shape index (κ2) is 2.21. The van der Waals surface area contributed by atoms with Crippen LogP contribution in [0.4, 0.5) is 0 Å². The third kappa shape index (κ3) is 0.948. The van der Waals surface area contributed by atoms with Gasteiger partial charge >= 0.3 is 5.97 Å². The second-order valence-corrected chi connectivity index (χ2v) is 3.64. The van der Waals surface area contributed by atoms with Crippen molar-refractivity contribution in [3.63, 3.8) is 0 Å². The maximum absolute atomic E-state index is 10.4. The summed E-state index contributed by atoms with van der Waals surface area (Å²) in [7, 11) is 0. The number of hydrogen-bond acceptors (Lipinski definition) is 2. The van der Waals surface area contributed by atoms with Crippen LogP contribution in [0.25, 0.3) is 0 Å². The van der Waals surface area contributed by atoms with Gasteiger partial charge < -0.3 is 5.11 Å². The number of carboxylic acid groups (broad SMARTS) is 1. The minimum atomic E-state index is -0.684. The van der Waals surface area contributed by atoms with E-state index >= 15 is 0 Å². The smallest absolute Gasteiger partial charge is 0.317 e. The van der Waals surface area contributed by atoms with Gasteiger partial charge in [-0.3, -0.25) is 9.69 Å². The van der Waals surface area contributed by atoms with Crippen LogP contribution < -0.4 is 0 Å². The Kier molecular flexibility index (Phi) is 1.42. The molecule has 2 fully saturated rings. The summed E-state index contributed by atoms with van der Waals surface area (Å²) in [5.41, 5.74) is 0.346. The molecule has 0 radical (unpaired) electrons. The average Bonchev–Trinajstić information content (AvgIpc) is 1.76. The number of rotatable bonds is 2. The predicted octanol–water partition coefficient (Wildman–Crippen LogP) is 0.699. The third-order valence-corrected chi connectivity index (χ3v) is 3.13. The topological polar surface area (TPSA) is 40.5 Å². The molecule has 62 valence electrons. The quantitative estimate of drug-likeness (QED) is 0.638. The maximum Gasteiger partial charge on any atom is 0.317 e. The van der Waals surface area contributed by atoms with Gasteiger partial charge in [0.25, 0.3) is 0 Å². The molecule has 0 atom stereocenters. The van der Waals surface area contributed by atoms with Crippen molar-refractivity contribution in [3.05, 3.63) is 0 Å². The number of carbonyl (C=O) groups is 1. The predicted molar refractivity (Wildman–Crippen MR) is 40.4 cm³/mol. The zero-order valence-electron chi connectivity index (χ0n) is 6.55. The number of likely N-dealkylation sites (tertiary alicyclic amines) is 1. The first-order valence-electron chi connectivity index (χ1n) is 4.20. The molecule has 2 aliphatic rings. The van der Waals surface area contributed by atoms with E-state index in [0.717, 1.165) is 6.54 Å². The Hall–Kier alpha value is -0.570. The van der Waals surface area contributed by atoms with E-state index in [-0.39, 0.29) is 6.54 Å². The lowest BCUT2D eigenvalue weighted by molar-refractivity contribution is -0.147. The first kappa shape index (κ1) is 7.10. The van der Waals surface area contributed by atoms with Gasteiger partial charge in [0.15, 0.2) is 0 Å². The highest BCUT2D eigenvalue weighted by Crippen LogP contribution is 2.46. The largest absolute Gasteiger partial charge is 0.480 e. The van der Waals surface area contributed by atoms with Gasteiger partial charge in [0.1, 0.15) is 0 Å². The highest BCUT2D eigenvalue weighted by Gasteiger charge is 2.49. The van der Waals surface area contributed by atoms with E-state index in [0.29, 0.717) is 5.54 Å². The van der Waals surface area contributed by atoms with Crippen molar-refractivity contribution in [1.29, 1.82) is 0 Å². The number of carboxylic acids is 1. The van der Waals surface area contributed by atoms with Gasteiger partial charge in [-0.15, -0.1) is 0 Å². The van der Waals surface area contributed by atoms with Gasteiger partial charge in [-0.05, 0) is 25.7 Å². The van der Waals surface area contributed by atoms with Crippen LogP contribution in [0.2, 0.25) is 0 Å².